The van der Waals surface area contributed by atoms with Crippen molar-refractivity contribution in [2.45, 2.75) is 0 Å². The van der Waals surface area contributed by atoms with E-state index in [-0.39, 0.29) is 5.88 Å². The van der Waals surface area contributed by atoms with Gasteiger partial charge in [-0.15, -0.1) is 0 Å². The third kappa shape index (κ3) is 1.03. The highest BCUT2D eigenvalue weighted by Gasteiger charge is 2.05. The Labute approximate surface area is 68.9 Å². The average molecular weight is 161 g/mol. The molecule has 0 fully saturated rings. The Kier molecular flexibility index (Phi) is 1.51. The lowest BCUT2D eigenvalue weighted by Crippen LogP contribution is -1.81. The molecule has 0 aliphatic carbocycles. The summed E-state index contributed by atoms with van der Waals surface area (Å²) in [6.45, 7) is 0. The van der Waals surface area contributed by atoms with Crippen molar-refractivity contribution in [3.63, 3.8) is 0 Å². The molecule has 12 heavy (non-hydrogen) atoms. The summed E-state index contributed by atoms with van der Waals surface area (Å²) in [6.07, 6.45) is 3.09. The van der Waals surface area contributed by atoms with Gasteiger partial charge in [0.25, 0.3) is 0 Å². The normalized spacial score (nSPS) is 10.0. The van der Waals surface area contributed by atoms with Crippen LogP contribution in [0, 0.1) is 0 Å². The van der Waals surface area contributed by atoms with Crippen LogP contribution >= 0.6 is 0 Å². The van der Waals surface area contributed by atoms with E-state index in [1.54, 1.807) is 12.3 Å². The first-order chi connectivity index (χ1) is 5.88. The topological polar surface area (TPSA) is 61.8 Å². The molecule has 0 amide bonds. The SMILES string of the molecule is Oc1nc[nH]c1-c1ccccn1. The maximum atomic E-state index is 9.22. The van der Waals surface area contributed by atoms with Gasteiger partial charge in [0, 0.05) is 6.20 Å². The highest BCUT2D eigenvalue weighted by atomic mass is 16.3. The maximum Gasteiger partial charge on any atom is 0.238 e. The summed E-state index contributed by atoms with van der Waals surface area (Å²) in [4.78, 5) is 10.5. The first kappa shape index (κ1) is 6.84. The van der Waals surface area contributed by atoms with Crippen LogP contribution in [0.5, 0.6) is 5.88 Å². The van der Waals surface area contributed by atoms with E-state index in [0.29, 0.717) is 11.4 Å². The summed E-state index contributed by atoms with van der Waals surface area (Å²) in [5.74, 6) is -0.0197. The summed E-state index contributed by atoms with van der Waals surface area (Å²) in [5.41, 5.74) is 1.24. The molecule has 0 radical (unpaired) electrons. The van der Waals surface area contributed by atoms with Crippen LogP contribution in [0.15, 0.2) is 30.7 Å². The first-order valence-corrected chi connectivity index (χ1v) is 3.51. The molecule has 0 unspecified atom stereocenters. The molecule has 2 aromatic heterocycles. The number of rotatable bonds is 1. The molecular weight excluding hydrogens is 154 g/mol. The number of aromatic nitrogens is 3. The van der Waals surface area contributed by atoms with Crippen molar-refractivity contribution in [1.82, 2.24) is 15.0 Å². The van der Waals surface area contributed by atoms with Crippen molar-refractivity contribution in [2.75, 3.05) is 0 Å². The highest BCUT2D eigenvalue weighted by Crippen LogP contribution is 2.21. The van der Waals surface area contributed by atoms with Gasteiger partial charge in [-0.2, -0.15) is 0 Å². The number of hydrogen-bond donors (Lipinski definition) is 2. The number of pyridine rings is 1. The molecule has 4 heteroatoms. The Balaban J connectivity index is 2.51. The van der Waals surface area contributed by atoms with E-state index in [0.717, 1.165) is 0 Å². The van der Waals surface area contributed by atoms with Gasteiger partial charge < -0.3 is 10.1 Å². The molecular formula is C8H7N3O. The summed E-state index contributed by atoms with van der Waals surface area (Å²) in [6, 6.07) is 5.47. The van der Waals surface area contributed by atoms with Gasteiger partial charge in [0.1, 0.15) is 5.69 Å². The minimum absolute atomic E-state index is 0.0197. The highest BCUT2D eigenvalue weighted by molar-refractivity contribution is 5.59. The Morgan fingerprint density at radius 3 is 2.75 bits per heavy atom. The van der Waals surface area contributed by atoms with E-state index in [2.05, 4.69) is 15.0 Å². The standard InChI is InChI=1S/C8H7N3O/c12-8-7(10-5-11-8)6-3-1-2-4-9-6/h1-5,12H,(H,10,11). The molecule has 60 valence electrons. The first-order valence-electron chi connectivity index (χ1n) is 3.51. The van der Waals surface area contributed by atoms with Crippen molar-refractivity contribution < 1.29 is 5.11 Å². The fourth-order valence-electron chi connectivity index (χ4n) is 0.986. The smallest absolute Gasteiger partial charge is 0.238 e. The molecule has 2 heterocycles. The average Bonchev–Trinajstić information content (AvgIpc) is 2.53. The lowest BCUT2D eigenvalue weighted by Gasteiger charge is -1.94. The number of H-pyrrole nitrogens is 1. The van der Waals surface area contributed by atoms with Crippen LogP contribution in [-0.2, 0) is 0 Å². The molecule has 2 rings (SSSR count). The van der Waals surface area contributed by atoms with Gasteiger partial charge in [0.05, 0.1) is 12.0 Å². The van der Waals surface area contributed by atoms with Gasteiger partial charge in [-0.25, -0.2) is 4.98 Å². The van der Waals surface area contributed by atoms with Gasteiger partial charge in [0.15, 0.2) is 0 Å². The van der Waals surface area contributed by atoms with Gasteiger partial charge in [-0.05, 0) is 12.1 Å². The van der Waals surface area contributed by atoms with Gasteiger partial charge in [-0.3, -0.25) is 4.98 Å². The quantitative estimate of drug-likeness (QED) is 0.660. The molecule has 0 atom stereocenters. The fourth-order valence-corrected chi connectivity index (χ4v) is 0.986. The van der Waals surface area contributed by atoms with Crippen LogP contribution in [-0.4, -0.2) is 20.1 Å². The second-order valence-electron chi connectivity index (χ2n) is 2.32. The van der Waals surface area contributed by atoms with Crippen molar-refractivity contribution in [1.29, 1.82) is 0 Å². The summed E-state index contributed by atoms with van der Waals surface area (Å²) in [5, 5.41) is 9.22. The molecule has 0 saturated heterocycles. The van der Waals surface area contributed by atoms with Crippen LogP contribution in [0.2, 0.25) is 0 Å². The zero-order valence-electron chi connectivity index (χ0n) is 6.23. The molecule has 0 aliphatic rings. The predicted octanol–water partition coefficient (Wildman–Crippen LogP) is 1.18. The second-order valence-corrected chi connectivity index (χ2v) is 2.32. The van der Waals surface area contributed by atoms with E-state index >= 15 is 0 Å². The number of nitrogens with one attached hydrogen (secondary N) is 1. The Bertz CT molecular complexity index is 369. The maximum absolute atomic E-state index is 9.22. The van der Waals surface area contributed by atoms with Crippen LogP contribution in [0.4, 0.5) is 0 Å². The van der Waals surface area contributed by atoms with Crippen LogP contribution in [0.25, 0.3) is 11.4 Å². The summed E-state index contributed by atoms with van der Waals surface area (Å²) in [7, 11) is 0. The van der Waals surface area contributed by atoms with E-state index in [9.17, 15) is 5.11 Å². The zero-order valence-corrected chi connectivity index (χ0v) is 6.23. The molecule has 2 aromatic rings. The molecule has 0 spiro atoms. The number of aromatic amines is 1. The number of aromatic hydroxyl groups is 1. The molecule has 4 nitrogen and oxygen atoms in total. The zero-order chi connectivity index (χ0) is 8.39. The van der Waals surface area contributed by atoms with Gasteiger partial charge >= 0.3 is 0 Å². The molecule has 0 aliphatic heterocycles. The lowest BCUT2D eigenvalue weighted by atomic mass is 10.3. The summed E-state index contributed by atoms with van der Waals surface area (Å²) < 4.78 is 0. The third-order valence-electron chi connectivity index (χ3n) is 1.54. The third-order valence-corrected chi connectivity index (χ3v) is 1.54. The Morgan fingerprint density at radius 1 is 1.25 bits per heavy atom. The second kappa shape index (κ2) is 2.65. The minimum Gasteiger partial charge on any atom is -0.492 e. The van der Waals surface area contributed by atoms with Crippen molar-refractivity contribution in [2.24, 2.45) is 0 Å². The van der Waals surface area contributed by atoms with Crippen molar-refractivity contribution in [3.8, 4) is 17.3 Å². The molecule has 0 aromatic carbocycles. The number of hydrogen-bond acceptors (Lipinski definition) is 3. The minimum atomic E-state index is -0.0197. The number of nitrogens with zero attached hydrogens (tertiary/aromatic N) is 2. The summed E-state index contributed by atoms with van der Waals surface area (Å²) >= 11 is 0. The van der Waals surface area contributed by atoms with E-state index in [4.69, 9.17) is 0 Å². The van der Waals surface area contributed by atoms with E-state index in [1.165, 1.54) is 6.33 Å². The monoisotopic (exact) mass is 161 g/mol. The van der Waals surface area contributed by atoms with Crippen LogP contribution < -0.4 is 0 Å². The van der Waals surface area contributed by atoms with Crippen LogP contribution in [0.3, 0.4) is 0 Å². The van der Waals surface area contributed by atoms with E-state index < -0.39 is 0 Å². The fraction of sp³-hybridized carbons (Fsp3) is 0. The van der Waals surface area contributed by atoms with Crippen molar-refractivity contribution >= 4 is 0 Å². The van der Waals surface area contributed by atoms with Gasteiger partial charge in [0.2, 0.25) is 5.88 Å². The lowest BCUT2D eigenvalue weighted by molar-refractivity contribution is 0.458. The van der Waals surface area contributed by atoms with Gasteiger partial charge in [-0.1, -0.05) is 6.07 Å². The van der Waals surface area contributed by atoms with E-state index in [1.807, 2.05) is 12.1 Å². The number of imidazole rings is 1. The van der Waals surface area contributed by atoms with Crippen LogP contribution in [0.1, 0.15) is 0 Å². The Morgan fingerprint density at radius 2 is 2.17 bits per heavy atom. The largest absolute Gasteiger partial charge is 0.492 e. The molecule has 2 N–H and O–H groups in total. The Hall–Kier alpha value is -1.84. The predicted molar refractivity (Wildman–Crippen MR) is 43.5 cm³/mol. The van der Waals surface area contributed by atoms with Crippen molar-refractivity contribution in [3.05, 3.63) is 30.7 Å². The molecule has 0 bridgehead atoms. The molecule has 0 saturated carbocycles.